The minimum atomic E-state index is 0.530. The van der Waals surface area contributed by atoms with Gasteiger partial charge in [-0.3, -0.25) is 0 Å². The van der Waals surface area contributed by atoms with Crippen molar-refractivity contribution in [2.24, 2.45) is 7.05 Å². The summed E-state index contributed by atoms with van der Waals surface area (Å²) in [5, 5.41) is 10.8. The van der Waals surface area contributed by atoms with Crippen molar-refractivity contribution in [1.29, 1.82) is 5.26 Å². The van der Waals surface area contributed by atoms with Gasteiger partial charge in [0.1, 0.15) is 11.9 Å². The van der Waals surface area contributed by atoms with Crippen LogP contribution in [0.4, 0.5) is 0 Å². The lowest BCUT2D eigenvalue weighted by atomic mass is 10.1. The average molecular weight is 326 g/mol. The lowest BCUT2D eigenvalue weighted by Gasteiger charge is -1.97. The molecule has 0 amide bonds. The molecule has 4 heteroatoms. The third-order valence-electron chi connectivity index (χ3n) is 4.70. The van der Waals surface area contributed by atoms with Crippen molar-refractivity contribution in [3.63, 3.8) is 0 Å². The van der Waals surface area contributed by atoms with Crippen LogP contribution in [0.5, 0.6) is 0 Å². The molecule has 0 aliphatic rings. The second-order valence-electron chi connectivity index (χ2n) is 6.42. The van der Waals surface area contributed by atoms with Gasteiger partial charge >= 0.3 is 0 Å². The van der Waals surface area contributed by atoms with Crippen LogP contribution < -0.4 is 0 Å². The summed E-state index contributed by atoms with van der Waals surface area (Å²) >= 11 is 0. The number of imidazole rings is 1. The summed E-state index contributed by atoms with van der Waals surface area (Å²) in [6, 6.07) is 14.6. The van der Waals surface area contributed by atoms with E-state index in [4.69, 9.17) is 0 Å². The Balaban J connectivity index is 1.87. The van der Waals surface area contributed by atoms with E-state index in [1.807, 2.05) is 31.5 Å². The molecule has 0 radical (unpaired) electrons. The number of H-pyrrole nitrogens is 1. The Bertz CT molecular complexity index is 1140. The first kappa shape index (κ1) is 15.2. The largest absolute Gasteiger partial charge is 0.350 e. The number of aromatic amines is 1. The first-order valence-corrected chi connectivity index (χ1v) is 8.20. The lowest BCUT2D eigenvalue weighted by molar-refractivity contribution is 0.968. The molecule has 4 rings (SSSR count). The molecule has 122 valence electrons. The smallest absolute Gasteiger partial charge is 0.149 e. The average Bonchev–Trinajstić information content (AvgIpc) is 3.14. The molecule has 0 spiro atoms. The zero-order valence-corrected chi connectivity index (χ0v) is 14.5. The van der Waals surface area contributed by atoms with Crippen molar-refractivity contribution in [3.05, 3.63) is 65.1 Å². The van der Waals surface area contributed by atoms with E-state index in [9.17, 15) is 5.26 Å². The Hall–Kier alpha value is -3.32. The van der Waals surface area contributed by atoms with E-state index >= 15 is 0 Å². The number of hydrogen-bond donors (Lipinski definition) is 1. The number of aromatic nitrogens is 3. The minimum Gasteiger partial charge on any atom is -0.350 e. The number of nitrogens with one attached hydrogen (secondary N) is 1. The second kappa shape index (κ2) is 5.64. The fourth-order valence-corrected chi connectivity index (χ4v) is 3.19. The molecular weight excluding hydrogens is 308 g/mol. The Morgan fingerprint density at radius 2 is 1.96 bits per heavy atom. The van der Waals surface area contributed by atoms with E-state index < -0.39 is 0 Å². The SMILES string of the molecule is Cc1cc2nc(/C(C#N)=C/c3cn(C)c4ccccc34)[nH]c2cc1C. The molecular formula is C21H18N4. The summed E-state index contributed by atoms with van der Waals surface area (Å²) in [7, 11) is 2.01. The Labute approximate surface area is 146 Å². The highest BCUT2D eigenvalue weighted by atomic mass is 14.9. The molecule has 4 nitrogen and oxygen atoms in total. The molecule has 0 aliphatic carbocycles. The fraction of sp³-hybridized carbons (Fsp3) is 0.143. The van der Waals surface area contributed by atoms with Crippen LogP contribution in [0, 0.1) is 25.2 Å². The standard InChI is InChI=1S/C21H18N4/c1-13-8-18-19(9-14(13)2)24-21(23-18)15(11-22)10-16-12-25(3)20-7-5-4-6-17(16)20/h4-10,12H,1-3H3,(H,23,24)/b15-10+. The monoisotopic (exact) mass is 326 g/mol. The van der Waals surface area contributed by atoms with Crippen molar-refractivity contribution < 1.29 is 0 Å². The van der Waals surface area contributed by atoms with Gasteiger partial charge in [-0.05, 0) is 49.2 Å². The fourth-order valence-electron chi connectivity index (χ4n) is 3.19. The van der Waals surface area contributed by atoms with Crippen molar-refractivity contribution in [3.8, 4) is 6.07 Å². The predicted octanol–water partition coefficient (Wildman–Crippen LogP) is 4.74. The van der Waals surface area contributed by atoms with E-state index in [0.29, 0.717) is 11.4 Å². The van der Waals surface area contributed by atoms with Crippen LogP contribution in [-0.2, 0) is 7.05 Å². The Kier molecular flexibility index (Phi) is 3.43. The van der Waals surface area contributed by atoms with Gasteiger partial charge < -0.3 is 9.55 Å². The third kappa shape index (κ3) is 2.50. The molecule has 0 saturated carbocycles. The number of hydrogen-bond acceptors (Lipinski definition) is 2. The van der Waals surface area contributed by atoms with E-state index in [1.54, 1.807) is 0 Å². The number of para-hydroxylation sites is 1. The van der Waals surface area contributed by atoms with Crippen LogP contribution in [0.3, 0.4) is 0 Å². The molecule has 0 unspecified atom stereocenters. The van der Waals surface area contributed by atoms with Gasteiger partial charge in [0.2, 0.25) is 0 Å². The number of nitrogens with zero attached hydrogens (tertiary/aromatic N) is 3. The molecule has 1 N–H and O–H groups in total. The lowest BCUT2D eigenvalue weighted by Crippen LogP contribution is -1.84. The molecule has 0 bridgehead atoms. The zero-order valence-electron chi connectivity index (χ0n) is 14.5. The quantitative estimate of drug-likeness (QED) is 0.541. The van der Waals surface area contributed by atoms with Gasteiger partial charge in [0.05, 0.1) is 16.6 Å². The summed E-state index contributed by atoms with van der Waals surface area (Å²) in [5.41, 5.74) is 6.93. The summed E-state index contributed by atoms with van der Waals surface area (Å²) in [5.74, 6) is 0.607. The molecule has 4 aromatic rings. The molecule has 0 atom stereocenters. The van der Waals surface area contributed by atoms with E-state index in [-0.39, 0.29) is 0 Å². The number of aryl methyl sites for hydroxylation is 3. The summed E-state index contributed by atoms with van der Waals surface area (Å²) in [6.07, 6.45) is 3.94. The van der Waals surface area contributed by atoms with Crippen molar-refractivity contribution in [2.45, 2.75) is 13.8 Å². The van der Waals surface area contributed by atoms with Crippen molar-refractivity contribution >= 4 is 33.6 Å². The van der Waals surface area contributed by atoms with Crippen molar-refractivity contribution in [2.75, 3.05) is 0 Å². The van der Waals surface area contributed by atoms with Crippen LogP contribution in [0.1, 0.15) is 22.5 Å². The molecule has 0 fully saturated rings. The molecule has 25 heavy (non-hydrogen) atoms. The van der Waals surface area contributed by atoms with Crippen LogP contribution in [0.15, 0.2) is 42.6 Å². The van der Waals surface area contributed by atoms with Crippen LogP contribution in [-0.4, -0.2) is 14.5 Å². The number of allylic oxidation sites excluding steroid dienone is 1. The maximum atomic E-state index is 9.67. The van der Waals surface area contributed by atoms with E-state index in [2.05, 4.69) is 58.7 Å². The highest BCUT2D eigenvalue weighted by Gasteiger charge is 2.11. The van der Waals surface area contributed by atoms with Crippen molar-refractivity contribution in [1.82, 2.24) is 14.5 Å². The zero-order chi connectivity index (χ0) is 17.6. The second-order valence-corrected chi connectivity index (χ2v) is 6.42. The van der Waals surface area contributed by atoms with Gasteiger partial charge in [0, 0.05) is 29.7 Å². The van der Waals surface area contributed by atoms with Crippen LogP contribution in [0.2, 0.25) is 0 Å². The first-order valence-electron chi connectivity index (χ1n) is 8.20. The van der Waals surface area contributed by atoms with E-state index in [1.165, 1.54) is 11.1 Å². The minimum absolute atomic E-state index is 0.530. The number of fused-ring (bicyclic) bond motifs is 2. The Morgan fingerprint density at radius 3 is 2.76 bits per heavy atom. The maximum absolute atomic E-state index is 9.67. The molecule has 2 aromatic carbocycles. The van der Waals surface area contributed by atoms with Gasteiger partial charge in [0.15, 0.2) is 0 Å². The van der Waals surface area contributed by atoms with Gasteiger partial charge in [-0.15, -0.1) is 0 Å². The van der Waals surface area contributed by atoms with Crippen LogP contribution >= 0.6 is 0 Å². The topological polar surface area (TPSA) is 57.4 Å². The normalized spacial score (nSPS) is 12.0. The van der Waals surface area contributed by atoms with Gasteiger partial charge in [-0.2, -0.15) is 5.26 Å². The number of rotatable bonds is 2. The summed E-state index contributed by atoms with van der Waals surface area (Å²) < 4.78 is 2.07. The molecule has 2 aromatic heterocycles. The van der Waals surface area contributed by atoms with Crippen LogP contribution in [0.25, 0.3) is 33.6 Å². The van der Waals surface area contributed by atoms with Gasteiger partial charge in [-0.1, -0.05) is 18.2 Å². The summed E-state index contributed by atoms with van der Waals surface area (Å²) in [4.78, 5) is 7.90. The third-order valence-corrected chi connectivity index (χ3v) is 4.70. The predicted molar refractivity (Wildman–Crippen MR) is 102 cm³/mol. The highest BCUT2D eigenvalue weighted by Crippen LogP contribution is 2.26. The molecule has 0 saturated heterocycles. The van der Waals surface area contributed by atoms with Gasteiger partial charge in [-0.25, -0.2) is 4.98 Å². The first-order chi connectivity index (χ1) is 12.1. The maximum Gasteiger partial charge on any atom is 0.149 e. The van der Waals surface area contributed by atoms with E-state index in [0.717, 1.165) is 27.5 Å². The number of benzene rings is 2. The number of nitriles is 1. The molecule has 2 heterocycles. The van der Waals surface area contributed by atoms with Gasteiger partial charge in [0.25, 0.3) is 0 Å². The summed E-state index contributed by atoms with van der Waals surface area (Å²) in [6.45, 7) is 4.15. The highest BCUT2D eigenvalue weighted by molar-refractivity contribution is 5.98. The Morgan fingerprint density at radius 1 is 1.20 bits per heavy atom. The molecule has 0 aliphatic heterocycles.